The van der Waals surface area contributed by atoms with E-state index in [9.17, 15) is 4.79 Å². The summed E-state index contributed by atoms with van der Waals surface area (Å²) in [6.45, 7) is -0.0550. The molecule has 4 nitrogen and oxygen atoms in total. The van der Waals surface area contributed by atoms with Gasteiger partial charge in [0.25, 0.3) is 0 Å². The van der Waals surface area contributed by atoms with Crippen LogP contribution in [0.1, 0.15) is 16.2 Å². The molecule has 0 aliphatic heterocycles. The van der Waals surface area contributed by atoms with Crippen molar-refractivity contribution >= 4 is 29.5 Å². The van der Waals surface area contributed by atoms with Crippen LogP contribution in [0.25, 0.3) is 0 Å². The lowest BCUT2D eigenvalue weighted by molar-refractivity contribution is 0.111. The minimum absolute atomic E-state index is 0.0550. The minimum Gasteiger partial charge on any atom is -0.390 e. The maximum Gasteiger partial charge on any atom is 0.168 e. The molecule has 0 spiro atoms. The second kappa shape index (κ2) is 7.76. The lowest BCUT2D eigenvalue weighted by Gasteiger charge is -1.92. The van der Waals surface area contributed by atoms with E-state index in [2.05, 4.69) is 9.97 Å². The van der Waals surface area contributed by atoms with Gasteiger partial charge in [0.15, 0.2) is 6.29 Å². The third kappa shape index (κ3) is 5.23. The van der Waals surface area contributed by atoms with Gasteiger partial charge in [-0.1, -0.05) is 23.2 Å². The lowest BCUT2D eigenvalue weighted by Crippen LogP contribution is -1.85. The summed E-state index contributed by atoms with van der Waals surface area (Å²) in [6, 6.07) is 6.42. The van der Waals surface area contributed by atoms with E-state index in [-0.39, 0.29) is 6.61 Å². The SMILES string of the molecule is O=Cc1cc(Cl)ccn1.OCc1cc(Cl)ccn1. The van der Waals surface area contributed by atoms with Crippen LogP contribution in [0.2, 0.25) is 10.0 Å². The smallest absolute Gasteiger partial charge is 0.168 e. The molecule has 0 unspecified atom stereocenters. The van der Waals surface area contributed by atoms with Crippen molar-refractivity contribution in [3.8, 4) is 0 Å². The molecule has 0 aliphatic carbocycles. The molecule has 0 atom stereocenters. The topological polar surface area (TPSA) is 63.1 Å². The standard InChI is InChI=1S/C6H6ClNO.C6H4ClNO/c2*7-5-1-2-8-6(3-5)4-9/h1-3,9H,4H2;1-4H. The van der Waals surface area contributed by atoms with Crippen molar-refractivity contribution in [2.45, 2.75) is 6.61 Å². The van der Waals surface area contributed by atoms with Gasteiger partial charge in [-0.25, -0.2) is 0 Å². The third-order valence-corrected chi connectivity index (χ3v) is 2.27. The van der Waals surface area contributed by atoms with Gasteiger partial charge >= 0.3 is 0 Å². The second-order valence-electron chi connectivity index (χ2n) is 3.14. The molecule has 18 heavy (non-hydrogen) atoms. The van der Waals surface area contributed by atoms with Gasteiger partial charge < -0.3 is 5.11 Å². The minimum atomic E-state index is -0.0550. The van der Waals surface area contributed by atoms with Crippen molar-refractivity contribution in [2.24, 2.45) is 0 Å². The molecular formula is C12H10Cl2N2O2. The number of aromatic nitrogens is 2. The second-order valence-corrected chi connectivity index (χ2v) is 4.01. The van der Waals surface area contributed by atoms with Crippen LogP contribution in [0.4, 0.5) is 0 Å². The van der Waals surface area contributed by atoms with E-state index >= 15 is 0 Å². The quantitative estimate of drug-likeness (QED) is 0.862. The molecule has 2 heterocycles. The number of aliphatic hydroxyl groups is 1. The Morgan fingerprint density at radius 2 is 1.72 bits per heavy atom. The number of carbonyl (C=O) groups is 1. The van der Waals surface area contributed by atoms with Crippen molar-refractivity contribution in [3.05, 3.63) is 58.1 Å². The number of carbonyl (C=O) groups excluding carboxylic acids is 1. The Kier molecular flexibility index (Phi) is 6.28. The highest BCUT2D eigenvalue weighted by Crippen LogP contribution is 2.07. The van der Waals surface area contributed by atoms with Crippen LogP contribution in [0.5, 0.6) is 0 Å². The Morgan fingerprint density at radius 1 is 1.11 bits per heavy atom. The van der Waals surface area contributed by atoms with Gasteiger partial charge in [0.2, 0.25) is 0 Å². The molecule has 2 rings (SSSR count). The normalized spacial score (nSPS) is 9.28. The Hall–Kier alpha value is -1.49. The molecule has 0 saturated carbocycles. The van der Waals surface area contributed by atoms with E-state index in [1.54, 1.807) is 24.4 Å². The highest BCUT2D eigenvalue weighted by molar-refractivity contribution is 6.30. The number of rotatable bonds is 2. The van der Waals surface area contributed by atoms with Crippen LogP contribution >= 0.6 is 23.2 Å². The molecule has 0 aromatic carbocycles. The van der Waals surface area contributed by atoms with Gasteiger partial charge in [-0.3, -0.25) is 14.8 Å². The zero-order chi connectivity index (χ0) is 13.4. The zero-order valence-corrected chi connectivity index (χ0v) is 10.8. The van der Waals surface area contributed by atoms with Crippen molar-refractivity contribution in [3.63, 3.8) is 0 Å². The van der Waals surface area contributed by atoms with Crippen molar-refractivity contribution in [1.29, 1.82) is 0 Å². The molecular weight excluding hydrogens is 275 g/mol. The summed E-state index contributed by atoms with van der Waals surface area (Å²) < 4.78 is 0. The molecule has 0 fully saturated rings. The van der Waals surface area contributed by atoms with E-state index in [0.717, 1.165) is 0 Å². The van der Waals surface area contributed by atoms with Crippen LogP contribution in [0, 0.1) is 0 Å². The predicted molar refractivity (Wildman–Crippen MR) is 69.8 cm³/mol. The summed E-state index contributed by atoms with van der Waals surface area (Å²) in [7, 11) is 0. The molecule has 0 saturated heterocycles. The average molecular weight is 285 g/mol. The summed E-state index contributed by atoms with van der Waals surface area (Å²) in [4.78, 5) is 17.6. The monoisotopic (exact) mass is 284 g/mol. The molecule has 0 bridgehead atoms. The number of aliphatic hydroxyl groups excluding tert-OH is 1. The van der Waals surface area contributed by atoms with Gasteiger partial charge in [0.1, 0.15) is 5.69 Å². The first kappa shape index (κ1) is 14.6. The van der Waals surface area contributed by atoms with Gasteiger partial charge in [-0.2, -0.15) is 0 Å². The fourth-order valence-electron chi connectivity index (χ4n) is 1.02. The van der Waals surface area contributed by atoms with E-state index in [0.29, 0.717) is 27.7 Å². The van der Waals surface area contributed by atoms with Gasteiger partial charge in [0.05, 0.1) is 12.3 Å². The number of halogens is 2. The van der Waals surface area contributed by atoms with Crippen LogP contribution < -0.4 is 0 Å². The van der Waals surface area contributed by atoms with E-state index in [1.165, 1.54) is 12.3 Å². The van der Waals surface area contributed by atoms with Gasteiger partial charge in [-0.05, 0) is 24.3 Å². The molecule has 0 aliphatic rings. The average Bonchev–Trinajstić information content (AvgIpc) is 2.39. The van der Waals surface area contributed by atoms with Crippen LogP contribution in [0.3, 0.4) is 0 Å². The summed E-state index contributed by atoms with van der Waals surface area (Å²) in [5.41, 5.74) is 0.963. The van der Waals surface area contributed by atoms with Crippen LogP contribution in [0.15, 0.2) is 36.7 Å². The molecule has 6 heteroatoms. The molecule has 0 amide bonds. The van der Waals surface area contributed by atoms with E-state index < -0.39 is 0 Å². The Labute approximate surface area is 114 Å². The summed E-state index contributed by atoms with van der Waals surface area (Å²) in [5, 5.41) is 9.68. The predicted octanol–water partition coefficient (Wildman–Crippen LogP) is 2.77. The Bertz CT molecular complexity index is 521. The first-order chi connectivity index (χ1) is 8.65. The fourth-order valence-corrected chi connectivity index (χ4v) is 1.37. The maximum absolute atomic E-state index is 10.0. The molecule has 1 N–H and O–H groups in total. The first-order valence-electron chi connectivity index (χ1n) is 4.93. The van der Waals surface area contributed by atoms with Gasteiger partial charge in [-0.15, -0.1) is 0 Å². The fraction of sp³-hybridized carbons (Fsp3) is 0.0833. The third-order valence-electron chi connectivity index (χ3n) is 1.80. The number of nitrogens with zero attached hydrogens (tertiary/aromatic N) is 2. The molecule has 2 aromatic rings. The van der Waals surface area contributed by atoms with Crippen molar-refractivity contribution < 1.29 is 9.90 Å². The molecule has 0 radical (unpaired) electrons. The van der Waals surface area contributed by atoms with Gasteiger partial charge in [0, 0.05) is 22.4 Å². The summed E-state index contributed by atoms with van der Waals surface area (Å²) in [5.74, 6) is 0. The Morgan fingerprint density at radius 3 is 2.11 bits per heavy atom. The number of hydrogen-bond donors (Lipinski definition) is 1. The van der Waals surface area contributed by atoms with Crippen LogP contribution in [-0.2, 0) is 6.61 Å². The van der Waals surface area contributed by atoms with E-state index in [1.807, 2.05) is 0 Å². The summed E-state index contributed by atoms with van der Waals surface area (Å²) in [6.07, 6.45) is 3.71. The lowest BCUT2D eigenvalue weighted by atomic mass is 10.4. The van der Waals surface area contributed by atoms with Crippen LogP contribution in [-0.4, -0.2) is 21.4 Å². The first-order valence-corrected chi connectivity index (χ1v) is 5.69. The molecule has 2 aromatic heterocycles. The van der Waals surface area contributed by atoms with E-state index in [4.69, 9.17) is 28.3 Å². The number of hydrogen-bond acceptors (Lipinski definition) is 4. The summed E-state index contributed by atoms with van der Waals surface area (Å²) >= 11 is 11.1. The zero-order valence-electron chi connectivity index (χ0n) is 9.25. The number of pyridine rings is 2. The highest BCUT2D eigenvalue weighted by Gasteiger charge is 1.90. The van der Waals surface area contributed by atoms with Crippen molar-refractivity contribution in [1.82, 2.24) is 9.97 Å². The highest BCUT2D eigenvalue weighted by atomic mass is 35.5. The van der Waals surface area contributed by atoms with Crippen molar-refractivity contribution in [2.75, 3.05) is 0 Å². The maximum atomic E-state index is 10.0. The number of aldehydes is 1. The Balaban J connectivity index is 0.000000180. The molecule has 94 valence electrons. The largest absolute Gasteiger partial charge is 0.390 e.